The van der Waals surface area contributed by atoms with E-state index in [1.807, 2.05) is 0 Å². The predicted molar refractivity (Wildman–Crippen MR) is 85.5 cm³/mol. The molecule has 2 rings (SSSR count). The molecule has 0 saturated carbocycles. The molecule has 1 heterocycles. The zero-order chi connectivity index (χ0) is 18.6. The highest BCUT2D eigenvalue weighted by Crippen LogP contribution is 2.23. The average molecular weight is 375 g/mol. The maximum absolute atomic E-state index is 13.4. The first-order chi connectivity index (χ1) is 11.7. The molecule has 138 valence electrons. The standard InChI is InChI=1S/C16H19F2NO5S/c17-12-5-4-11(9-13(12)18)10-19(7-6-15(20)21)16(22)14-3-1-2-8-25(14,23)24/h4-5,9,14H,1-3,6-8,10H2,(H,20,21). The van der Waals surface area contributed by atoms with Crippen LogP contribution in [0.4, 0.5) is 8.78 Å². The Morgan fingerprint density at radius 1 is 1.20 bits per heavy atom. The molecule has 1 saturated heterocycles. The fourth-order valence-corrected chi connectivity index (χ4v) is 4.66. The van der Waals surface area contributed by atoms with E-state index in [1.54, 1.807) is 0 Å². The number of carbonyl (C=O) groups is 2. The van der Waals surface area contributed by atoms with Gasteiger partial charge in [-0.05, 0) is 30.5 Å². The van der Waals surface area contributed by atoms with E-state index in [1.165, 1.54) is 6.07 Å². The third kappa shape index (κ3) is 4.97. The molecule has 1 aliphatic rings. The summed E-state index contributed by atoms with van der Waals surface area (Å²) in [5, 5.41) is 7.63. The van der Waals surface area contributed by atoms with Crippen molar-refractivity contribution in [3.05, 3.63) is 35.4 Å². The molecule has 1 unspecified atom stereocenters. The van der Waals surface area contributed by atoms with Crippen molar-refractivity contribution >= 4 is 21.7 Å². The van der Waals surface area contributed by atoms with Crippen molar-refractivity contribution in [1.29, 1.82) is 0 Å². The van der Waals surface area contributed by atoms with Crippen LogP contribution in [0.1, 0.15) is 31.2 Å². The van der Waals surface area contributed by atoms with E-state index in [2.05, 4.69) is 0 Å². The monoisotopic (exact) mass is 375 g/mol. The summed E-state index contributed by atoms with van der Waals surface area (Å²) < 4.78 is 50.7. The summed E-state index contributed by atoms with van der Waals surface area (Å²) in [4.78, 5) is 24.6. The Kier molecular flexibility index (Phi) is 6.10. The summed E-state index contributed by atoms with van der Waals surface area (Å²) in [6, 6.07) is 3.09. The Balaban J connectivity index is 2.23. The quantitative estimate of drug-likeness (QED) is 0.818. The van der Waals surface area contributed by atoms with Crippen LogP contribution >= 0.6 is 0 Å². The third-order valence-electron chi connectivity index (χ3n) is 4.12. The van der Waals surface area contributed by atoms with Crippen LogP contribution in [0, 0.1) is 11.6 Å². The van der Waals surface area contributed by atoms with Gasteiger partial charge >= 0.3 is 5.97 Å². The smallest absolute Gasteiger partial charge is 0.305 e. The second kappa shape index (κ2) is 7.90. The first-order valence-electron chi connectivity index (χ1n) is 7.87. The number of rotatable bonds is 6. The molecule has 0 aromatic heterocycles. The molecule has 9 heteroatoms. The van der Waals surface area contributed by atoms with Crippen LogP contribution in [0.15, 0.2) is 18.2 Å². The molecular formula is C16H19F2NO5S. The van der Waals surface area contributed by atoms with Gasteiger partial charge in [0, 0.05) is 13.1 Å². The van der Waals surface area contributed by atoms with E-state index in [0.717, 1.165) is 17.0 Å². The van der Waals surface area contributed by atoms with E-state index in [9.17, 15) is 26.8 Å². The minimum absolute atomic E-state index is 0.0820. The number of carboxylic acid groups (broad SMARTS) is 1. The van der Waals surface area contributed by atoms with Crippen molar-refractivity contribution in [3.8, 4) is 0 Å². The van der Waals surface area contributed by atoms with Gasteiger partial charge in [0.2, 0.25) is 5.91 Å². The number of nitrogens with zero attached hydrogens (tertiary/aromatic N) is 1. The van der Waals surface area contributed by atoms with Crippen molar-refractivity contribution in [3.63, 3.8) is 0 Å². The minimum Gasteiger partial charge on any atom is -0.481 e. The van der Waals surface area contributed by atoms with Gasteiger partial charge < -0.3 is 10.0 Å². The van der Waals surface area contributed by atoms with Crippen LogP contribution in [0.5, 0.6) is 0 Å². The molecule has 0 aliphatic carbocycles. The van der Waals surface area contributed by atoms with Gasteiger partial charge in [0.05, 0.1) is 12.2 Å². The van der Waals surface area contributed by atoms with E-state index in [-0.39, 0.29) is 37.2 Å². The number of sulfone groups is 1. The summed E-state index contributed by atoms with van der Waals surface area (Å²) >= 11 is 0. The Hall–Kier alpha value is -2.03. The van der Waals surface area contributed by atoms with Gasteiger partial charge in [0.1, 0.15) is 5.25 Å². The molecular weight excluding hydrogens is 356 g/mol. The Bertz CT molecular complexity index is 766. The van der Waals surface area contributed by atoms with Crippen LogP contribution in [-0.2, 0) is 26.0 Å². The maximum atomic E-state index is 13.4. The van der Waals surface area contributed by atoms with Crippen LogP contribution in [0.2, 0.25) is 0 Å². The van der Waals surface area contributed by atoms with Gasteiger partial charge in [-0.1, -0.05) is 12.5 Å². The van der Waals surface area contributed by atoms with E-state index < -0.39 is 38.6 Å². The summed E-state index contributed by atoms with van der Waals surface area (Å²) in [5.74, 6) is -4.04. The highest BCUT2D eigenvalue weighted by molar-refractivity contribution is 7.92. The lowest BCUT2D eigenvalue weighted by Gasteiger charge is -2.29. The zero-order valence-corrected chi connectivity index (χ0v) is 14.3. The summed E-state index contributed by atoms with van der Waals surface area (Å²) in [6.07, 6.45) is 0.892. The molecule has 1 aromatic carbocycles. The largest absolute Gasteiger partial charge is 0.481 e. The number of hydrogen-bond acceptors (Lipinski definition) is 4. The van der Waals surface area contributed by atoms with E-state index in [4.69, 9.17) is 5.11 Å². The second-order valence-electron chi connectivity index (χ2n) is 6.00. The van der Waals surface area contributed by atoms with Gasteiger partial charge in [-0.2, -0.15) is 0 Å². The number of halogens is 2. The number of benzene rings is 1. The molecule has 1 amide bonds. The van der Waals surface area contributed by atoms with E-state index in [0.29, 0.717) is 12.8 Å². The number of carboxylic acids is 1. The van der Waals surface area contributed by atoms with E-state index >= 15 is 0 Å². The topological polar surface area (TPSA) is 91.8 Å². The molecule has 0 bridgehead atoms. The molecule has 1 fully saturated rings. The highest BCUT2D eigenvalue weighted by atomic mass is 32.2. The lowest BCUT2D eigenvalue weighted by molar-refractivity contribution is -0.138. The molecule has 1 aromatic rings. The number of amides is 1. The van der Waals surface area contributed by atoms with Crippen LogP contribution in [0.3, 0.4) is 0 Å². The van der Waals surface area contributed by atoms with Gasteiger partial charge in [-0.25, -0.2) is 17.2 Å². The van der Waals surface area contributed by atoms with Gasteiger partial charge in [0.15, 0.2) is 21.5 Å². The summed E-state index contributed by atoms with van der Waals surface area (Å²) in [7, 11) is -3.59. The number of aliphatic carboxylic acids is 1. The van der Waals surface area contributed by atoms with Gasteiger partial charge in [-0.3, -0.25) is 9.59 Å². The summed E-state index contributed by atoms with van der Waals surface area (Å²) in [6.45, 7) is -0.394. The van der Waals surface area contributed by atoms with Crippen LogP contribution in [0.25, 0.3) is 0 Å². The normalized spacial score (nSPS) is 19.4. The van der Waals surface area contributed by atoms with Crippen molar-refractivity contribution in [1.82, 2.24) is 4.90 Å². The molecule has 6 nitrogen and oxygen atoms in total. The highest BCUT2D eigenvalue weighted by Gasteiger charge is 2.37. The van der Waals surface area contributed by atoms with Crippen molar-refractivity contribution < 1.29 is 31.9 Å². The molecule has 1 aliphatic heterocycles. The molecule has 0 radical (unpaired) electrons. The lowest BCUT2D eigenvalue weighted by atomic mass is 10.1. The predicted octanol–water partition coefficient (Wildman–Crippen LogP) is 1.74. The number of hydrogen-bond donors (Lipinski definition) is 1. The lowest BCUT2D eigenvalue weighted by Crippen LogP contribution is -2.45. The van der Waals surface area contributed by atoms with Gasteiger partial charge in [-0.15, -0.1) is 0 Å². The first-order valence-corrected chi connectivity index (χ1v) is 9.58. The fraction of sp³-hybridized carbons (Fsp3) is 0.500. The SMILES string of the molecule is O=C(O)CCN(Cc1ccc(F)c(F)c1)C(=O)C1CCCCS1(=O)=O. The Morgan fingerprint density at radius 2 is 1.92 bits per heavy atom. The van der Waals surface area contributed by atoms with Crippen molar-refractivity contribution in [2.45, 2.75) is 37.5 Å². The molecule has 25 heavy (non-hydrogen) atoms. The minimum atomic E-state index is -3.59. The molecule has 1 N–H and O–H groups in total. The van der Waals surface area contributed by atoms with Crippen molar-refractivity contribution in [2.75, 3.05) is 12.3 Å². The molecule has 0 spiro atoms. The van der Waals surface area contributed by atoms with Gasteiger partial charge in [0.25, 0.3) is 0 Å². The average Bonchev–Trinajstić information content (AvgIpc) is 2.53. The fourth-order valence-electron chi connectivity index (χ4n) is 2.79. The molecule has 1 atom stereocenters. The number of carbonyl (C=O) groups excluding carboxylic acids is 1. The zero-order valence-electron chi connectivity index (χ0n) is 13.5. The maximum Gasteiger partial charge on any atom is 0.305 e. The van der Waals surface area contributed by atoms with Crippen LogP contribution in [-0.4, -0.2) is 47.8 Å². The summed E-state index contributed by atoms with van der Waals surface area (Å²) in [5.41, 5.74) is 0.255. The third-order valence-corrected chi connectivity index (χ3v) is 6.28. The Labute approximate surface area is 144 Å². The van der Waals surface area contributed by atoms with Crippen molar-refractivity contribution in [2.24, 2.45) is 0 Å². The first kappa shape index (κ1) is 19.3. The Morgan fingerprint density at radius 3 is 2.52 bits per heavy atom. The van der Waals surface area contributed by atoms with Crippen LogP contribution < -0.4 is 0 Å². The second-order valence-corrected chi connectivity index (χ2v) is 8.31.